The lowest BCUT2D eigenvalue weighted by Crippen LogP contribution is -2.48. The number of hydrogen-bond acceptors (Lipinski definition) is 4. The summed E-state index contributed by atoms with van der Waals surface area (Å²) < 4.78 is 15.3. The minimum absolute atomic E-state index is 0.0417. The molecule has 0 radical (unpaired) electrons. The lowest BCUT2D eigenvalue weighted by Gasteiger charge is -2.19. The minimum atomic E-state index is -0.854. The molecule has 4 rings (SSSR count). The van der Waals surface area contributed by atoms with Crippen molar-refractivity contribution in [3.05, 3.63) is 59.0 Å². The van der Waals surface area contributed by atoms with Gasteiger partial charge in [-0.25, -0.2) is 14.0 Å². The zero-order valence-corrected chi connectivity index (χ0v) is 18.7. The number of hydrogen-bond donors (Lipinski definition) is 5. The maximum absolute atomic E-state index is 14.1. The second-order valence-electron chi connectivity index (χ2n) is 8.21. The van der Waals surface area contributed by atoms with E-state index in [0.29, 0.717) is 23.2 Å². The first-order chi connectivity index (χ1) is 16.2. The molecule has 0 saturated heterocycles. The van der Waals surface area contributed by atoms with E-state index in [9.17, 15) is 23.9 Å². The zero-order chi connectivity index (χ0) is 24.4. The third-order valence-electron chi connectivity index (χ3n) is 5.65. The Hall–Kier alpha value is -3.79. The van der Waals surface area contributed by atoms with E-state index in [1.807, 2.05) is 0 Å². The molecule has 0 aliphatic heterocycles. The molecule has 9 nitrogen and oxygen atoms in total. The summed E-state index contributed by atoms with van der Waals surface area (Å²) in [7, 11) is 0. The molecule has 1 atom stereocenters. The van der Waals surface area contributed by atoms with Gasteiger partial charge in [-0.3, -0.25) is 9.36 Å². The van der Waals surface area contributed by atoms with Crippen LogP contribution in [0.5, 0.6) is 5.75 Å². The van der Waals surface area contributed by atoms with Gasteiger partial charge in [-0.15, -0.1) is 0 Å². The average molecular weight is 488 g/mol. The Morgan fingerprint density at radius 3 is 2.71 bits per heavy atom. The highest BCUT2D eigenvalue weighted by Crippen LogP contribution is 2.34. The number of nitrogens with one attached hydrogen (secondary N) is 3. The van der Waals surface area contributed by atoms with E-state index in [2.05, 4.69) is 16.0 Å². The number of rotatable bonds is 7. The van der Waals surface area contributed by atoms with Crippen LogP contribution in [0, 0.1) is 11.7 Å². The summed E-state index contributed by atoms with van der Waals surface area (Å²) in [6, 6.07) is 6.50. The van der Waals surface area contributed by atoms with Crippen LogP contribution in [-0.2, 0) is 11.3 Å². The highest BCUT2D eigenvalue weighted by atomic mass is 35.5. The molecule has 4 amide bonds. The number of fused-ring (bicyclic) bond motifs is 1. The van der Waals surface area contributed by atoms with Crippen LogP contribution in [0.2, 0.25) is 5.02 Å². The van der Waals surface area contributed by atoms with Gasteiger partial charge in [0.25, 0.3) is 0 Å². The van der Waals surface area contributed by atoms with Gasteiger partial charge in [0.15, 0.2) is 0 Å². The topological polar surface area (TPSA) is 138 Å². The molecule has 0 spiro atoms. The van der Waals surface area contributed by atoms with E-state index in [0.717, 1.165) is 17.4 Å². The molecule has 1 fully saturated rings. The van der Waals surface area contributed by atoms with Gasteiger partial charge in [0.1, 0.15) is 17.6 Å². The fraction of sp³-hybridized carbons (Fsp3) is 0.261. The van der Waals surface area contributed by atoms with Gasteiger partial charge in [-0.1, -0.05) is 36.6 Å². The normalized spacial score (nSPS) is 13.9. The summed E-state index contributed by atoms with van der Waals surface area (Å²) in [4.78, 5) is 37.3. The Balaban J connectivity index is 1.47. The van der Waals surface area contributed by atoms with E-state index < -0.39 is 29.8 Å². The second kappa shape index (κ2) is 9.60. The summed E-state index contributed by atoms with van der Waals surface area (Å²) in [5.41, 5.74) is 6.25. The van der Waals surface area contributed by atoms with Crippen LogP contribution in [0.1, 0.15) is 24.8 Å². The van der Waals surface area contributed by atoms with Crippen molar-refractivity contribution in [2.75, 3.05) is 5.32 Å². The predicted octanol–water partition coefficient (Wildman–Crippen LogP) is 3.67. The van der Waals surface area contributed by atoms with E-state index >= 15 is 0 Å². The molecule has 1 aliphatic carbocycles. The first-order valence-electron chi connectivity index (χ1n) is 10.6. The number of urea groups is 1. The predicted molar refractivity (Wildman–Crippen MR) is 125 cm³/mol. The Morgan fingerprint density at radius 2 is 2.00 bits per heavy atom. The number of aromatic nitrogens is 1. The van der Waals surface area contributed by atoms with Gasteiger partial charge in [0, 0.05) is 23.7 Å². The molecule has 1 aliphatic rings. The summed E-state index contributed by atoms with van der Waals surface area (Å²) in [5.74, 6) is -0.813. The lowest BCUT2D eigenvalue weighted by molar-refractivity contribution is -0.123. The van der Waals surface area contributed by atoms with Crippen molar-refractivity contribution in [1.82, 2.24) is 15.2 Å². The van der Waals surface area contributed by atoms with E-state index in [1.165, 1.54) is 36.5 Å². The van der Waals surface area contributed by atoms with Crippen molar-refractivity contribution in [2.24, 2.45) is 11.7 Å². The van der Waals surface area contributed by atoms with E-state index in [-0.39, 0.29) is 28.6 Å². The second-order valence-corrected chi connectivity index (χ2v) is 8.62. The Bertz CT molecular complexity index is 1270. The summed E-state index contributed by atoms with van der Waals surface area (Å²) in [5, 5.41) is 18.1. The van der Waals surface area contributed by atoms with E-state index in [4.69, 9.17) is 17.3 Å². The van der Waals surface area contributed by atoms with Crippen LogP contribution in [0.25, 0.3) is 10.9 Å². The number of nitrogens with zero attached hydrogens (tertiary/aromatic N) is 1. The standard InChI is InChI=1S/C23H23ClFN5O4/c24-16-3-1-2-13(20(16)25)10-27-21(32)17(8-12-4-5-12)28-23(34)29-18-11-30(22(26)33)19-7-6-14(31)9-15(18)19/h1-3,6-7,9,11-12,17,31H,4-5,8,10H2,(H2,26,33)(H,27,32)(H2,28,29,34)/t17-/m0/s1. The fourth-order valence-corrected chi connectivity index (χ4v) is 3.92. The van der Waals surface area contributed by atoms with Crippen molar-refractivity contribution in [2.45, 2.75) is 31.8 Å². The Labute approximate surface area is 199 Å². The number of carbonyl (C=O) groups excluding carboxylic acids is 3. The highest BCUT2D eigenvalue weighted by Gasteiger charge is 2.30. The summed E-state index contributed by atoms with van der Waals surface area (Å²) >= 11 is 5.79. The summed E-state index contributed by atoms with van der Waals surface area (Å²) in [6.45, 7) is -0.0823. The Morgan fingerprint density at radius 1 is 1.24 bits per heavy atom. The molecule has 11 heteroatoms. The molecule has 34 heavy (non-hydrogen) atoms. The highest BCUT2D eigenvalue weighted by molar-refractivity contribution is 6.30. The molecule has 178 valence electrons. The van der Waals surface area contributed by atoms with Crippen LogP contribution in [0.15, 0.2) is 42.6 Å². The number of phenols is 1. The fourth-order valence-electron chi connectivity index (χ4n) is 3.73. The number of amides is 4. The van der Waals surface area contributed by atoms with Crippen molar-refractivity contribution >= 4 is 46.2 Å². The van der Waals surface area contributed by atoms with Crippen molar-refractivity contribution < 1.29 is 23.9 Å². The number of primary amides is 1. The van der Waals surface area contributed by atoms with Crippen LogP contribution in [0.3, 0.4) is 0 Å². The molecule has 0 unspecified atom stereocenters. The smallest absolute Gasteiger partial charge is 0.323 e. The summed E-state index contributed by atoms with van der Waals surface area (Å²) in [6.07, 6.45) is 3.69. The largest absolute Gasteiger partial charge is 0.508 e. The molecular formula is C23H23ClFN5O4. The number of nitrogens with two attached hydrogens (primary N) is 1. The first kappa shape index (κ1) is 23.4. The van der Waals surface area contributed by atoms with Crippen molar-refractivity contribution in [3.8, 4) is 5.75 Å². The zero-order valence-electron chi connectivity index (χ0n) is 18.0. The first-order valence-corrected chi connectivity index (χ1v) is 11.0. The third-order valence-corrected chi connectivity index (χ3v) is 5.94. The Kier molecular flexibility index (Phi) is 6.60. The van der Waals surface area contributed by atoms with Gasteiger partial charge in [-0.05, 0) is 36.6 Å². The average Bonchev–Trinajstić information content (AvgIpc) is 3.54. The quantitative estimate of drug-likeness (QED) is 0.347. The third kappa shape index (κ3) is 5.23. The maximum atomic E-state index is 14.1. The molecule has 3 aromatic rings. The lowest BCUT2D eigenvalue weighted by atomic mass is 10.1. The van der Waals surface area contributed by atoms with Gasteiger partial charge < -0.3 is 26.8 Å². The molecule has 1 aromatic heterocycles. The number of benzene rings is 2. The van der Waals surface area contributed by atoms with Crippen molar-refractivity contribution in [3.63, 3.8) is 0 Å². The van der Waals surface area contributed by atoms with E-state index in [1.54, 1.807) is 6.07 Å². The van der Waals surface area contributed by atoms with Crippen molar-refractivity contribution in [1.29, 1.82) is 0 Å². The maximum Gasteiger partial charge on any atom is 0.323 e. The number of carbonyl (C=O) groups is 3. The number of anilines is 1. The number of halogens is 2. The molecule has 0 bridgehead atoms. The van der Waals surface area contributed by atoms with Gasteiger partial charge >= 0.3 is 12.1 Å². The molecule has 6 N–H and O–H groups in total. The van der Waals surface area contributed by atoms with Gasteiger partial charge in [0.05, 0.1) is 16.2 Å². The van der Waals surface area contributed by atoms with Crippen LogP contribution < -0.4 is 21.7 Å². The number of phenolic OH excluding ortho intramolecular Hbond substituents is 1. The van der Waals surface area contributed by atoms with Crippen LogP contribution >= 0.6 is 11.6 Å². The van der Waals surface area contributed by atoms with Crippen LogP contribution in [-0.4, -0.2) is 33.7 Å². The molecular weight excluding hydrogens is 465 g/mol. The molecule has 2 aromatic carbocycles. The monoisotopic (exact) mass is 487 g/mol. The van der Waals surface area contributed by atoms with Gasteiger partial charge in [0.2, 0.25) is 5.91 Å². The molecule has 1 heterocycles. The van der Waals surface area contributed by atoms with Gasteiger partial charge in [-0.2, -0.15) is 0 Å². The SMILES string of the molecule is NC(=O)n1cc(NC(=O)N[C@@H](CC2CC2)C(=O)NCc2cccc(Cl)c2F)c2cc(O)ccc21. The van der Waals surface area contributed by atoms with Crippen LogP contribution in [0.4, 0.5) is 19.7 Å². The minimum Gasteiger partial charge on any atom is -0.508 e. The number of aromatic hydroxyl groups is 1. The molecule has 1 saturated carbocycles.